The highest BCUT2D eigenvalue weighted by Crippen LogP contribution is 2.27. The highest BCUT2D eigenvalue weighted by atomic mass is 16.3. The van der Waals surface area contributed by atoms with Gasteiger partial charge in [0.1, 0.15) is 0 Å². The van der Waals surface area contributed by atoms with Gasteiger partial charge < -0.3 is 14.9 Å². The van der Waals surface area contributed by atoms with Gasteiger partial charge in [-0.05, 0) is 17.5 Å². The highest BCUT2D eigenvalue weighted by molar-refractivity contribution is 5.77. The number of amides is 2. The number of benzene rings is 1. The van der Waals surface area contributed by atoms with Crippen molar-refractivity contribution in [2.24, 2.45) is 0 Å². The molecule has 1 atom stereocenters. The van der Waals surface area contributed by atoms with Gasteiger partial charge in [0.15, 0.2) is 0 Å². The van der Waals surface area contributed by atoms with Crippen LogP contribution < -0.4 is 0 Å². The number of aryl methyl sites for hydroxylation is 1. The van der Waals surface area contributed by atoms with E-state index in [9.17, 15) is 4.79 Å². The lowest BCUT2D eigenvalue weighted by molar-refractivity contribution is 0.182. The van der Waals surface area contributed by atoms with Gasteiger partial charge in [-0.15, -0.1) is 0 Å². The van der Waals surface area contributed by atoms with Crippen LogP contribution in [0, 0.1) is 0 Å². The summed E-state index contributed by atoms with van der Waals surface area (Å²) in [5.74, 6) is 0. The summed E-state index contributed by atoms with van der Waals surface area (Å²) in [6, 6.07) is 8.50. The molecule has 1 heterocycles. The van der Waals surface area contributed by atoms with E-state index in [0.717, 1.165) is 12.0 Å². The average molecular weight is 248 g/mol. The molecule has 1 aliphatic heterocycles. The summed E-state index contributed by atoms with van der Waals surface area (Å²) in [6.07, 6.45) is 1.02. The number of hydrogen-bond acceptors (Lipinski definition) is 2. The first-order chi connectivity index (χ1) is 8.67. The van der Waals surface area contributed by atoms with Gasteiger partial charge in [-0.3, -0.25) is 0 Å². The number of hydrogen-bond donors (Lipinski definition) is 1. The van der Waals surface area contributed by atoms with E-state index in [2.05, 4.69) is 31.2 Å². The van der Waals surface area contributed by atoms with Crippen LogP contribution in [-0.4, -0.2) is 47.7 Å². The van der Waals surface area contributed by atoms with Gasteiger partial charge in [0.25, 0.3) is 0 Å². The van der Waals surface area contributed by atoms with Crippen LogP contribution >= 0.6 is 0 Å². The molecule has 1 unspecified atom stereocenters. The summed E-state index contributed by atoms with van der Waals surface area (Å²) >= 11 is 0. The Morgan fingerprint density at radius 2 is 2.00 bits per heavy atom. The molecular weight excluding hydrogens is 228 g/mol. The summed E-state index contributed by atoms with van der Waals surface area (Å²) in [6.45, 7) is 3.21. The van der Waals surface area contributed by atoms with Gasteiger partial charge in [0, 0.05) is 20.1 Å². The molecule has 0 bridgehead atoms. The largest absolute Gasteiger partial charge is 0.395 e. The van der Waals surface area contributed by atoms with Gasteiger partial charge >= 0.3 is 6.03 Å². The summed E-state index contributed by atoms with van der Waals surface area (Å²) in [5, 5.41) is 8.94. The van der Waals surface area contributed by atoms with Crippen LogP contribution in [0.2, 0.25) is 0 Å². The Kier molecular flexibility index (Phi) is 3.87. The fourth-order valence-electron chi connectivity index (χ4n) is 2.38. The number of aliphatic hydroxyl groups is 1. The maximum absolute atomic E-state index is 11.9. The molecular formula is C14H20N2O2. The van der Waals surface area contributed by atoms with Crippen LogP contribution in [0.15, 0.2) is 24.3 Å². The van der Waals surface area contributed by atoms with Crippen LogP contribution in [0.4, 0.5) is 4.79 Å². The molecule has 0 saturated carbocycles. The third kappa shape index (κ3) is 2.34. The molecule has 18 heavy (non-hydrogen) atoms. The van der Waals surface area contributed by atoms with Crippen molar-refractivity contribution >= 4 is 6.03 Å². The molecule has 98 valence electrons. The van der Waals surface area contributed by atoms with E-state index < -0.39 is 0 Å². The molecule has 1 fully saturated rings. The second-order valence-corrected chi connectivity index (χ2v) is 4.67. The normalized spacial score (nSPS) is 19.7. The van der Waals surface area contributed by atoms with Crippen LogP contribution in [0.1, 0.15) is 24.1 Å². The lowest BCUT2D eigenvalue weighted by Crippen LogP contribution is -2.31. The standard InChI is InChI=1S/C14H20N2O2/c1-3-11-4-6-12(7-5-11)13-10-16(8-9-17)14(18)15(13)2/h4-7,13,17H,3,8-10H2,1-2H3. The van der Waals surface area contributed by atoms with E-state index >= 15 is 0 Å². The zero-order valence-electron chi connectivity index (χ0n) is 11.0. The highest BCUT2D eigenvalue weighted by Gasteiger charge is 2.34. The van der Waals surface area contributed by atoms with Gasteiger partial charge in [0.2, 0.25) is 0 Å². The summed E-state index contributed by atoms with van der Waals surface area (Å²) < 4.78 is 0. The molecule has 0 aromatic heterocycles. The monoisotopic (exact) mass is 248 g/mol. The number of carbonyl (C=O) groups excluding carboxylic acids is 1. The first kappa shape index (κ1) is 12.9. The molecule has 1 aromatic rings. The Labute approximate surface area is 108 Å². The van der Waals surface area contributed by atoms with Crippen molar-refractivity contribution in [3.05, 3.63) is 35.4 Å². The number of rotatable bonds is 4. The molecule has 0 spiro atoms. The third-order valence-corrected chi connectivity index (χ3v) is 3.58. The Bertz CT molecular complexity index is 416. The van der Waals surface area contributed by atoms with Gasteiger partial charge in [-0.2, -0.15) is 0 Å². The Morgan fingerprint density at radius 1 is 1.33 bits per heavy atom. The Balaban J connectivity index is 2.15. The molecule has 4 nitrogen and oxygen atoms in total. The minimum atomic E-state index is -0.00591. The minimum absolute atomic E-state index is 0.00591. The summed E-state index contributed by atoms with van der Waals surface area (Å²) in [5.41, 5.74) is 2.46. The van der Waals surface area contributed by atoms with Crippen LogP contribution in [0.25, 0.3) is 0 Å². The average Bonchev–Trinajstić information content (AvgIpc) is 2.68. The molecule has 4 heteroatoms. The SMILES string of the molecule is CCc1ccc(C2CN(CCO)C(=O)N2C)cc1. The van der Waals surface area contributed by atoms with Crippen molar-refractivity contribution in [2.45, 2.75) is 19.4 Å². The topological polar surface area (TPSA) is 43.8 Å². The molecule has 1 saturated heterocycles. The van der Waals surface area contributed by atoms with Gasteiger partial charge in [-0.1, -0.05) is 31.2 Å². The summed E-state index contributed by atoms with van der Waals surface area (Å²) in [7, 11) is 1.82. The molecule has 1 aliphatic rings. The van der Waals surface area contributed by atoms with E-state index in [4.69, 9.17) is 5.11 Å². The number of urea groups is 1. The molecule has 0 radical (unpaired) electrons. The molecule has 2 amide bonds. The first-order valence-corrected chi connectivity index (χ1v) is 6.38. The first-order valence-electron chi connectivity index (χ1n) is 6.38. The maximum Gasteiger partial charge on any atom is 0.320 e. The zero-order chi connectivity index (χ0) is 13.1. The second-order valence-electron chi connectivity index (χ2n) is 4.67. The molecule has 1 aromatic carbocycles. The van der Waals surface area contributed by atoms with E-state index in [1.165, 1.54) is 5.56 Å². The minimum Gasteiger partial charge on any atom is -0.395 e. The van der Waals surface area contributed by atoms with Crippen molar-refractivity contribution in [1.29, 1.82) is 0 Å². The predicted octanol–water partition coefficient (Wildman–Crippen LogP) is 1.65. The van der Waals surface area contributed by atoms with Gasteiger partial charge in [-0.25, -0.2) is 4.79 Å². The predicted molar refractivity (Wildman–Crippen MR) is 70.4 cm³/mol. The van der Waals surface area contributed by atoms with E-state index in [1.807, 2.05) is 7.05 Å². The Hall–Kier alpha value is -1.55. The number of β-amino-alcohol motifs (C(OH)–C–C–N with tert-alkyl or cyclic N) is 1. The van der Waals surface area contributed by atoms with Crippen LogP contribution in [0.3, 0.4) is 0 Å². The maximum atomic E-state index is 11.9. The second kappa shape index (κ2) is 5.40. The smallest absolute Gasteiger partial charge is 0.320 e. The third-order valence-electron chi connectivity index (χ3n) is 3.58. The number of carbonyl (C=O) groups is 1. The van der Waals surface area contributed by atoms with Crippen molar-refractivity contribution in [2.75, 3.05) is 26.7 Å². The molecule has 2 rings (SSSR count). The lowest BCUT2D eigenvalue weighted by atomic mass is 10.0. The quantitative estimate of drug-likeness (QED) is 0.880. The Morgan fingerprint density at radius 3 is 2.56 bits per heavy atom. The number of nitrogens with zero attached hydrogens (tertiary/aromatic N) is 2. The van der Waals surface area contributed by atoms with E-state index in [1.54, 1.807) is 9.80 Å². The van der Waals surface area contributed by atoms with Gasteiger partial charge in [0.05, 0.1) is 12.6 Å². The fourth-order valence-corrected chi connectivity index (χ4v) is 2.38. The fraction of sp³-hybridized carbons (Fsp3) is 0.500. The van der Waals surface area contributed by atoms with E-state index in [0.29, 0.717) is 13.1 Å². The van der Waals surface area contributed by atoms with Crippen molar-refractivity contribution in [3.63, 3.8) is 0 Å². The molecule has 1 N–H and O–H groups in total. The van der Waals surface area contributed by atoms with Crippen molar-refractivity contribution in [1.82, 2.24) is 9.80 Å². The lowest BCUT2D eigenvalue weighted by Gasteiger charge is -2.18. The molecule has 0 aliphatic carbocycles. The van der Waals surface area contributed by atoms with Crippen molar-refractivity contribution in [3.8, 4) is 0 Å². The summed E-state index contributed by atoms with van der Waals surface area (Å²) in [4.78, 5) is 15.4. The van der Waals surface area contributed by atoms with Crippen LogP contribution in [-0.2, 0) is 6.42 Å². The zero-order valence-corrected chi connectivity index (χ0v) is 11.0. The number of likely N-dealkylation sites (N-methyl/N-ethyl adjacent to an activating group) is 1. The van der Waals surface area contributed by atoms with E-state index in [-0.39, 0.29) is 18.7 Å². The number of aliphatic hydroxyl groups excluding tert-OH is 1. The van der Waals surface area contributed by atoms with Crippen LogP contribution in [0.5, 0.6) is 0 Å². The van der Waals surface area contributed by atoms with Crippen molar-refractivity contribution < 1.29 is 9.90 Å².